The zero-order valence-electron chi connectivity index (χ0n) is 9.68. The molecule has 1 atom stereocenters. The molecule has 0 aliphatic rings. The van der Waals surface area contributed by atoms with Gasteiger partial charge in [0.1, 0.15) is 5.75 Å². The summed E-state index contributed by atoms with van der Waals surface area (Å²) in [4.78, 5) is 15.3. The minimum atomic E-state index is -0.407. The van der Waals surface area contributed by atoms with Crippen LogP contribution >= 0.6 is 0 Å². The van der Waals surface area contributed by atoms with Crippen LogP contribution in [0.1, 0.15) is 17.3 Å². The smallest absolute Gasteiger partial charge is 0.255 e. The second kappa shape index (κ2) is 6.82. The largest absolute Gasteiger partial charge is 0.505 e. The van der Waals surface area contributed by atoms with Gasteiger partial charge in [0.15, 0.2) is 0 Å². The van der Waals surface area contributed by atoms with Gasteiger partial charge in [-0.1, -0.05) is 0 Å². The maximum atomic E-state index is 11.6. The van der Waals surface area contributed by atoms with Crippen molar-refractivity contribution in [3.05, 3.63) is 24.0 Å². The lowest BCUT2D eigenvalue weighted by atomic mass is 10.2. The number of pyridine rings is 1. The normalized spacial score (nSPS) is 12.1. The van der Waals surface area contributed by atoms with Crippen molar-refractivity contribution in [1.82, 2.24) is 15.6 Å². The molecule has 0 fully saturated rings. The number of rotatable bonds is 6. The Morgan fingerprint density at radius 1 is 1.53 bits per heavy atom. The molecule has 6 heteroatoms. The predicted octanol–water partition coefficient (Wildman–Crippen LogP) is -0.513. The SMILES string of the molecule is CC(O)CNCCNC(=O)c1ccncc1O. The molecule has 0 saturated carbocycles. The highest BCUT2D eigenvalue weighted by molar-refractivity contribution is 5.96. The number of aliphatic hydroxyl groups excluding tert-OH is 1. The Morgan fingerprint density at radius 2 is 2.29 bits per heavy atom. The van der Waals surface area contributed by atoms with Crippen molar-refractivity contribution < 1.29 is 15.0 Å². The number of nitrogens with one attached hydrogen (secondary N) is 2. The van der Waals surface area contributed by atoms with Gasteiger partial charge in [0, 0.05) is 25.8 Å². The molecule has 0 aromatic carbocycles. The Kier molecular flexibility index (Phi) is 5.38. The minimum absolute atomic E-state index is 0.137. The molecule has 1 heterocycles. The van der Waals surface area contributed by atoms with Crippen LogP contribution in [0.4, 0.5) is 0 Å². The first-order chi connectivity index (χ1) is 8.11. The van der Waals surface area contributed by atoms with E-state index in [-0.39, 0.29) is 17.2 Å². The third kappa shape index (κ3) is 4.80. The van der Waals surface area contributed by atoms with Crippen molar-refractivity contribution in [2.24, 2.45) is 0 Å². The molecule has 1 aromatic rings. The molecule has 17 heavy (non-hydrogen) atoms. The fraction of sp³-hybridized carbons (Fsp3) is 0.455. The van der Waals surface area contributed by atoms with E-state index in [9.17, 15) is 9.90 Å². The predicted molar refractivity (Wildman–Crippen MR) is 62.8 cm³/mol. The number of aliphatic hydroxyl groups is 1. The molecule has 0 saturated heterocycles. The summed E-state index contributed by atoms with van der Waals surface area (Å²) < 4.78 is 0. The zero-order valence-corrected chi connectivity index (χ0v) is 9.68. The van der Waals surface area contributed by atoms with Gasteiger partial charge in [-0.05, 0) is 13.0 Å². The van der Waals surface area contributed by atoms with Crippen LogP contribution in [-0.4, -0.2) is 46.8 Å². The summed E-state index contributed by atoms with van der Waals surface area (Å²) in [6, 6.07) is 1.45. The fourth-order valence-electron chi connectivity index (χ4n) is 1.25. The van der Waals surface area contributed by atoms with Crippen LogP contribution in [0.3, 0.4) is 0 Å². The van der Waals surface area contributed by atoms with E-state index in [1.165, 1.54) is 18.5 Å². The summed E-state index contributed by atoms with van der Waals surface area (Å²) in [6.45, 7) is 3.15. The van der Waals surface area contributed by atoms with E-state index < -0.39 is 6.10 Å². The minimum Gasteiger partial charge on any atom is -0.505 e. The number of amides is 1. The van der Waals surface area contributed by atoms with Crippen LogP contribution in [0, 0.1) is 0 Å². The first kappa shape index (κ1) is 13.4. The van der Waals surface area contributed by atoms with Gasteiger partial charge < -0.3 is 20.8 Å². The molecule has 1 amide bonds. The van der Waals surface area contributed by atoms with Gasteiger partial charge in [-0.2, -0.15) is 0 Å². The van der Waals surface area contributed by atoms with Crippen LogP contribution < -0.4 is 10.6 Å². The molecule has 4 N–H and O–H groups in total. The van der Waals surface area contributed by atoms with Gasteiger partial charge in [-0.15, -0.1) is 0 Å². The molecule has 0 radical (unpaired) electrons. The highest BCUT2D eigenvalue weighted by atomic mass is 16.3. The van der Waals surface area contributed by atoms with E-state index in [1.807, 2.05) is 0 Å². The van der Waals surface area contributed by atoms with E-state index in [1.54, 1.807) is 6.92 Å². The Morgan fingerprint density at radius 3 is 2.94 bits per heavy atom. The standard InChI is InChI=1S/C11H17N3O3/c1-8(15)6-13-4-5-14-11(17)9-2-3-12-7-10(9)16/h2-3,7-8,13,15-16H,4-6H2,1H3,(H,14,17). The van der Waals surface area contributed by atoms with Crippen molar-refractivity contribution in [3.63, 3.8) is 0 Å². The van der Waals surface area contributed by atoms with Gasteiger partial charge in [0.25, 0.3) is 5.91 Å². The first-order valence-corrected chi connectivity index (χ1v) is 5.41. The summed E-state index contributed by atoms with van der Waals surface area (Å²) in [5.41, 5.74) is 0.204. The maximum Gasteiger partial charge on any atom is 0.255 e. The molecule has 0 aliphatic carbocycles. The summed E-state index contributed by atoms with van der Waals surface area (Å²) in [5, 5.41) is 24.0. The summed E-state index contributed by atoms with van der Waals surface area (Å²) >= 11 is 0. The Labute approximate surface area is 99.7 Å². The summed E-state index contributed by atoms with van der Waals surface area (Å²) in [7, 11) is 0. The number of aromatic hydroxyl groups is 1. The summed E-state index contributed by atoms with van der Waals surface area (Å²) in [6.07, 6.45) is 2.26. The van der Waals surface area contributed by atoms with E-state index in [0.29, 0.717) is 19.6 Å². The Hall–Kier alpha value is -1.66. The molecule has 94 valence electrons. The monoisotopic (exact) mass is 239 g/mol. The van der Waals surface area contributed by atoms with Crippen molar-refractivity contribution in [1.29, 1.82) is 0 Å². The molecular formula is C11H17N3O3. The van der Waals surface area contributed by atoms with Gasteiger partial charge >= 0.3 is 0 Å². The van der Waals surface area contributed by atoms with E-state index in [4.69, 9.17) is 5.11 Å². The lowest BCUT2D eigenvalue weighted by Gasteiger charge is -2.08. The number of aromatic nitrogens is 1. The van der Waals surface area contributed by atoms with E-state index in [0.717, 1.165) is 0 Å². The molecule has 1 unspecified atom stereocenters. The third-order valence-electron chi connectivity index (χ3n) is 2.07. The number of carbonyl (C=O) groups is 1. The Balaban J connectivity index is 2.29. The molecule has 1 rings (SSSR count). The van der Waals surface area contributed by atoms with Gasteiger partial charge in [-0.25, -0.2) is 0 Å². The molecular weight excluding hydrogens is 222 g/mol. The van der Waals surface area contributed by atoms with Crippen LogP contribution in [0.15, 0.2) is 18.5 Å². The van der Waals surface area contributed by atoms with Crippen LogP contribution in [0.5, 0.6) is 5.75 Å². The zero-order chi connectivity index (χ0) is 12.7. The van der Waals surface area contributed by atoms with Crippen LogP contribution in [0.25, 0.3) is 0 Å². The van der Waals surface area contributed by atoms with Crippen molar-refractivity contribution >= 4 is 5.91 Å². The number of hydrogen-bond donors (Lipinski definition) is 4. The maximum absolute atomic E-state index is 11.6. The van der Waals surface area contributed by atoms with E-state index >= 15 is 0 Å². The molecule has 1 aromatic heterocycles. The average molecular weight is 239 g/mol. The van der Waals surface area contributed by atoms with Crippen molar-refractivity contribution in [2.45, 2.75) is 13.0 Å². The number of nitrogens with zero attached hydrogens (tertiary/aromatic N) is 1. The third-order valence-corrected chi connectivity index (χ3v) is 2.07. The molecule has 6 nitrogen and oxygen atoms in total. The lowest BCUT2D eigenvalue weighted by molar-refractivity contribution is 0.0951. The van der Waals surface area contributed by atoms with Gasteiger partial charge in [0.05, 0.1) is 17.9 Å². The lowest BCUT2D eigenvalue weighted by Crippen LogP contribution is -2.34. The second-order valence-electron chi connectivity index (χ2n) is 3.70. The van der Waals surface area contributed by atoms with Crippen molar-refractivity contribution in [2.75, 3.05) is 19.6 Å². The Bertz CT molecular complexity index is 369. The highest BCUT2D eigenvalue weighted by Crippen LogP contribution is 2.12. The van der Waals surface area contributed by atoms with Crippen LogP contribution in [0.2, 0.25) is 0 Å². The number of hydrogen-bond acceptors (Lipinski definition) is 5. The van der Waals surface area contributed by atoms with Crippen molar-refractivity contribution in [3.8, 4) is 5.75 Å². The van der Waals surface area contributed by atoms with E-state index in [2.05, 4.69) is 15.6 Å². The van der Waals surface area contributed by atoms with Gasteiger partial charge in [0.2, 0.25) is 0 Å². The molecule has 0 bridgehead atoms. The number of carbonyl (C=O) groups excluding carboxylic acids is 1. The highest BCUT2D eigenvalue weighted by Gasteiger charge is 2.09. The molecule has 0 spiro atoms. The average Bonchev–Trinajstić information content (AvgIpc) is 2.28. The quantitative estimate of drug-likeness (QED) is 0.501. The molecule has 0 aliphatic heterocycles. The van der Waals surface area contributed by atoms with Gasteiger partial charge in [-0.3, -0.25) is 9.78 Å². The summed E-state index contributed by atoms with van der Waals surface area (Å²) in [5.74, 6) is -0.481. The fourth-order valence-corrected chi connectivity index (χ4v) is 1.25. The first-order valence-electron chi connectivity index (χ1n) is 5.41. The topological polar surface area (TPSA) is 94.5 Å². The second-order valence-corrected chi connectivity index (χ2v) is 3.70. The van der Waals surface area contributed by atoms with Crippen LogP contribution in [-0.2, 0) is 0 Å².